The van der Waals surface area contributed by atoms with Gasteiger partial charge in [0.05, 0.1) is 23.2 Å². The van der Waals surface area contributed by atoms with E-state index in [4.69, 9.17) is 32.9 Å². The Kier molecular flexibility index (Phi) is 1.98. The normalized spacial score (nSPS) is 24.2. The van der Waals surface area contributed by atoms with Crippen LogP contribution in [0, 0.1) is 6.57 Å². The molecular weight excluding hydrogens is 394 g/mol. The third-order valence-electron chi connectivity index (χ3n) is 4.82. The average molecular weight is 438 g/mol. The number of hydrogen-bond acceptors (Lipinski definition) is 2. The van der Waals surface area contributed by atoms with Crippen molar-refractivity contribution in [3.05, 3.63) is 89.3 Å². The van der Waals surface area contributed by atoms with Crippen LogP contribution in [0.3, 0.4) is 0 Å². The molecule has 0 bridgehead atoms. The van der Waals surface area contributed by atoms with E-state index in [-0.39, 0.29) is 0 Å². The molecule has 0 radical (unpaired) electrons. The Balaban J connectivity index is 2.26. The van der Waals surface area contributed by atoms with Gasteiger partial charge in [-0.3, -0.25) is 4.57 Å². The van der Waals surface area contributed by atoms with E-state index in [2.05, 4.69) is 9.83 Å². The van der Waals surface area contributed by atoms with Crippen LogP contribution < -0.4 is 0 Å². The van der Waals surface area contributed by atoms with Crippen LogP contribution in [0.2, 0.25) is 0 Å². The minimum absolute atomic E-state index is 0.451. The number of imidazole rings is 1. The number of aromatic nitrogens is 2. The summed E-state index contributed by atoms with van der Waals surface area (Å²) < 4.78 is 160. The molecule has 32 heavy (non-hydrogen) atoms. The molecule has 0 aliphatic heterocycles. The van der Waals surface area contributed by atoms with Gasteiger partial charge in [-0.1, -0.05) is 63.8 Å². The maximum absolute atomic E-state index is 9.34. The number of rotatable bonds is 4. The SMILES string of the molecule is [2H]c1cc(-c2nc([2H])c([2H])n2-c2c(C([2H])(C)C([2H])([2H])[2H])c([2H])c3oc4c([2H])c([2H])c([2H])c([2H])c4c3c2C([2H])(C)C([2H])([2H])[2H])c([2H])c([N+]#[C-])c1[2H]. The molecule has 0 saturated carbocycles. The van der Waals surface area contributed by atoms with Crippen LogP contribution in [0.15, 0.2) is 71.2 Å². The van der Waals surface area contributed by atoms with Crippen molar-refractivity contribution < 1.29 is 29.1 Å². The highest BCUT2D eigenvalue weighted by molar-refractivity contribution is 6.08. The fourth-order valence-electron chi connectivity index (χ4n) is 3.54. The smallest absolute Gasteiger partial charge is 0.187 e. The van der Waals surface area contributed by atoms with Crippen molar-refractivity contribution in [3.63, 3.8) is 0 Å². The van der Waals surface area contributed by atoms with Crippen molar-refractivity contribution in [1.82, 2.24) is 9.55 Å². The summed E-state index contributed by atoms with van der Waals surface area (Å²) >= 11 is 0. The number of para-hydroxylation sites is 1. The number of hydrogen-bond donors (Lipinski definition) is 0. The first-order chi connectivity index (χ1) is 22.7. The highest BCUT2D eigenvalue weighted by atomic mass is 16.3. The second kappa shape index (κ2) is 7.69. The lowest BCUT2D eigenvalue weighted by atomic mass is 9.88. The standard InChI is InChI=1S/C28H25N3O/c1-17(2)22-16-24-26(21-11-6-7-12-23(21)32-24)25(18(3)4)27(22)31-14-13-30-28(31)19-9-8-10-20(15-19)29-5/h6-18H,1-4H3/i1D3,3D3,6D,7D,8D,10D,11D,12D,13D,14D,15D,16D,17D,18D. The zero-order valence-corrected chi connectivity index (χ0v) is 16.8. The molecule has 2 heterocycles. The van der Waals surface area contributed by atoms with Crippen LogP contribution in [0.25, 0.3) is 43.9 Å². The van der Waals surface area contributed by atoms with E-state index in [1.165, 1.54) is 0 Å². The van der Waals surface area contributed by atoms with Crippen LogP contribution in [0.1, 0.15) is 75.1 Å². The molecule has 0 aliphatic rings. The number of fused-ring (bicyclic) bond motifs is 3. The molecule has 0 N–H and O–H groups in total. The van der Waals surface area contributed by atoms with Gasteiger partial charge < -0.3 is 4.42 Å². The summed E-state index contributed by atoms with van der Waals surface area (Å²) in [6.45, 7) is 2.54. The molecule has 0 saturated heterocycles. The Labute approximate surface area is 213 Å². The monoisotopic (exact) mass is 437 g/mol. The lowest BCUT2D eigenvalue weighted by molar-refractivity contribution is 0.665. The fourth-order valence-corrected chi connectivity index (χ4v) is 3.54. The molecule has 2 aromatic heterocycles. The Bertz CT molecular complexity index is 2320. The molecule has 158 valence electrons. The maximum Gasteiger partial charge on any atom is 0.187 e. The van der Waals surface area contributed by atoms with Gasteiger partial charge in [0.1, 0.15) is 17.0 Å². The lowest BCUT2D eigenvalue weighted by Crippen LogP contribution is -2.08. The van der Waals surface area contributed by atoms with Gasteiger partial charge in [0.2, 0.25) is 0 Å². The van der Waals surface area contributed by atoms with E-state index in [1.807, 2.05) is 0 Å². The highest BCUT2D eigenvalue weighted by Gasteiger charge is 2.24. The first kappa shape index (κ1) is 8.26. The minimum Gasteiger partial charge on any atom is -0.456 e. The van der Waals surface area contributed by atoms with Gasteiger partial charge >= 0.3 is 0 Å². The van der Waals surface area contributed by atoms with Crippen LogP contribution in [-0.2, 0) is 0 Å². The summed E-state index contributed by atoms with van der Waals surface area (Å²) in [6, 6.07) is -5.05. The Hall–Kier alpha value is -3.84. The zero-order chi connectivity index (χ0) is 38.0. The quantitative estimate of drug-likeness (QED) is 0.265. The van der Waals surface area contributed by atoms with E-state index in [1.54, 1.807) is 0 Å². The summed E-state index contributed by atoms with van der Waals surface area (Å²) in [4.78, 5) is 7.16. The predicted octanol–water partition coefficient (Wildman–Crippen LogP) is 8.24. The van der Waals surface area contributed by atoms with Gasteiger partial charge in [-0.05, 0) is 41.0 Å². The van der Waals surface area contributed by atoms with E-state index in [0.29, 0.717) is 4.57 Å². The van der Waals surface area contributed by atoms with E-state index in [9.17, 15) is 2.74 Å². The molecule has 4 heteroatoms. The Morgan fingerprint density at radius 3 is 2.78 bits per heavy atom. The zero-order valence-electron chi connectivity index (χ0n) is 34.8. The molecule has 4 nitrogen and oxygen atoms in total. The topological polar surface area (TPSA) is 35.3 Å². The van der Waals surface area contributed by atoms with Gasteiger partial charge in [0, 0.05) is 42.4 Å². The molecule has 2 atom stereocenters. The Morgan fingerprint density at radius 2 is 1.97 bits per heavy atom. The first-order valence-electron chi connectivity index (χ1n) is 18.3. The summed E-state index contributed by atoms with van der Waals surface area (Å²) in [5.74, 6) is -6.47. The number of benzene rings is 3. The van der Waals surface area contributed by atoms with Gasteiger partial charge in [0.15, 0.2) is 5.69 Å². The molecule has 5 rings (SSSR count). The van der Waals surface area contributed by atoms with Gasteiger partial charge in [-0.15, -0.1) is 0 Å². The molecular formula is C28H25N3O. The average Bonchev–Trinajstić information content (AvgIpc) is 3.53. The first-order valence-corrected chi connectivity index (χ1v) is 9.30. The summed E-state index contributed by atoms with van der Waals surface area (Å²) in [6.07, 6.45) is -1.79. The van der Waals surface area contributed by atoms with E-state index < -0.39 is 142 Å². The molecule has 3 aromatic carbocycles. The third kappa shape index (κ3) is 3.09. The van der Waals surface area contributed by atoms with E-state index in [0.717, 1.165) is 19.9 Å². The molecule has 5 aromatic rings. The van der Waals surface area contributed by atoms with Crippen molar-refractivity contribution in [2.75, 3.05) is 0 Å². The molecule has 0 fully saturated rings. The van der Waals surface area contributed by atoms with E-state index >= 15 is 0 Å². The fraction of sp³-hybridized carbons (Fsp3) is 0.214. The van der Waals surface area contributed by atoms with Gasteiger partial charge in [0.25, 0.3) is 0 Å². The molecule has 2 unspecified atom stereocenters. The molecule has 0 aliphatic carbocycles. The van der Waals surface area contributed by atoms with Gasteiger partial charge in [-0.2, -0.15) is 0 Å². The number of nitrogens with zero attached hydrogens (tertiary/aromatic N) is 3. The predicted molar refractivity (Wildman–Crippen MR) is 131 cm³/mol. The third-order valence-corrected chi connectivity index (χ3v) is 4.82. The minimum atomic E-state index is -3.35. The van der Waals surface area contributed by atoms with Crippen molar-refractivity contribution in [2.45, 2.75) is 39.3 Å². The maximum atomic E-state index is 9.34. The number of furan rings is 1. The second-order valence-corrected chi connectivity index (χ2v) is 6.89. The van der Waals surface area contributed by atoms with Crippen LogP contribution in [0.5, 0.6) is 0 Å². The molecule has 0 amide bonds. The van der Waals surface area contributed by atoms with Gasteiger partial charge in [-0.25, -0.2) is 9.83 Å². The van der Waals surface area contributed by atoms with Crippen LogP contribution in [0.4, 0.5) is 5.69 Å². The summed E-state index contributed by atoms with van der Waals surface area (Å²) in [5.41, 5.74) is -4.82. The second-order valence-electron chi connectivity index (χ2n) is 6.89. The van der Waals surface area contributed by atoms with Crippen molar-refractivity contribution >= 4 is 27.6 Å². The highest BCUT2D eigenvalue weighted by Crippen LogP contribution is 2.43. The summed E-state index contributed by atoms with van der Waals surface area (Å²) in [5, 5.41) is -1.04. The van der Waals surface area contributed by atoms with Crippen LogP contribution in [-0.4, -0.2) is 9.55 Å². The molecule has 0 spiro atoms. The van der Waals surface area contributed by atoms with Crippen molar-refractivity contribution in [1.29, 1.82) is 0 Å². The van der Waals surface area contributed by atoms with Crippen molar-refractivity contribution in [2.24, 2.45) is 0 Å². The Morgan fingerprint density at radius 1 is 1.12 bits per heavy atom. The van der Waals surface area contributed by atoms with Crippen molar-refractivity contribution in [3.8, 4) is 17.1 Å². The largest absolute Gasteiger partial charge is 0.456 e. The summed E-state index contributed by atoms with van der Waals surface area (Å²) in [7, 11) is 0. The lowest BCUT2D eigenvalue weighted by Gasteiger charge is -2.23. The van der Waals surface area contributed by atoms with Crippen LogP contribution >= 0.6 is 0 Å².